The van der Waals surface area contributed by atoms with Crippen molar-refractivity contribution in [2.45, 2.75) is 6.92 Å². The van der Waals surface area contributed by atoms with Crippen molar-refractivity contribution in [3.05, 3.63) is 35.9 Å². The van der Waals surface area contributed by atoms with Gasteiger partial charge in [0.2, 0.25) is 0 Å². The van der Waals surface area contributed by atoms with Crippen molar-refractivity contribution >= 4 is 18.0 Å². The first kappa shape index (κ1) is 10.8. The molecule has 12 heavy (non-hydrogen) atoms. The van der Waals surface area contributed by atoms with E-state index in [4.69, 9.17) is 9.90 Å². The van der Waals surface area contributed by atoms with Crippen molar-refractivity contribution in [3.8, 4) is 0 Å². The lowest BCUT2D eigenvalue weighted by Gasteiger charge is -1.82. The second-order valence-corrected chi connectivity index (χ2v) is 2.15. The van der Waals surface area contributed by atoms with Gasteiger partial charge in [0.15, 0.2) is 0 Å². The molecule has 0 bridgehead atoms. The average molecular weight is 189 g/mol. The molecule has 1 rings (SSSR count). The molecule has 4 heteroatoms. The average Bonchev–Trinajstić information content (AvgIpc) is 2.07. The molecule has 3 nitrogen and oxygen atoms in total. The zero-order valence-corrected chi connectivity index (χ0v) is 7.28. The number of carboxylic acid groups (broad SMARTS) is 1. The minimum absolute atomic E-state index is 1.32. The van der Waals surface area contributed by atoms with E-state index in [1.54, 1.807) is 0 Å². The molecule has 0 spiro atoms. The van der Waals surface area contributed by atoms with E-state index in [1.165, 1.54) is 5.56 Å². The molecule has 0 aliphatic carbocycles. The van der Waals surface area contributed by atoms with Crippen molar-refractivity contribution in [2.24, 2.45) is 0 Å². The monoisotopic (exact) mass is 188 g/mol. The predicted octanol–water partition coefficient (Wildman–Crippen LogP) is 2.83. The van der Waals surface area contributed by atoms with Crippen LogP contribution in [0.25, 0.3) is 0 Å². The van der Waals surface area contributed by atoms with Crippen LogP contribution in [0, 0.1) is 6.92 Å². The fourth-order valence-corrected chi connectivity index (χ4v) is 0.534. The summed E-state index contributed by atoms with van der Waals surface area (Å²) < 4.78 is 3.14. The Morgan fingerprint density at radius 2 is 1.83 bits per heavy atom. The first-order valence-corrected chi connectivity index (χ1v) is 3.51. The zero-order valence-electron chi connectivity index (χ0n) is 6.53. The second kappa shape index (κ2) is 6.49. The molecule has 0 aromatic heterocycles. The van der Waals surface area contributed by atoms with Crippen LogP contribution in [-0.2, 0) is 4.29 Å². The maximum absolute atomic E-state index is 9.01. The Balaban J connectivity index is 0.000000217. The molecule has 0 saturated heterocycles. The van der Waals surface area contributed by atoms with Crippen molar-refractivity contribution in [2.75, 3.05) is 0 Å². The highest BCUT2D eigenvalue weighted by Gasteiger charge is 1.84. The first-order valence-electron chi connectivity index (χ1n) is 3.20. The summed E-state index contributed by atoms with van der Waals surface area (Å²) in [4.78, 5) is 9.01. The highest BCUT2D eigenvalue weighted by molar-refractivity contribution is 6.12. The molecule has 0 amide bonds. The Morgan fingerprint density at radius 3 is 2.00 bits per heavy atom. The minimum atomic E-state index is -1.48. The summed E-state index contributed by atoms with van der Waals surface area (Å²) in [7, 11) is 0. The Labute approximate surface area is 75.7 Å². The summed E-state index contributed by atoms with van der Waals surface area (Å²) in [5.41, 5.74) is 1.32. The summed E-state index contributed by atoms with van der Waals surface area (Å²) in [6.45, 7) is 2.08. The lowest BCUT2D eigenvalue weighted by Crippen LogP contribution is -1.85. The molecule has 0 aliphatic rings. The Bertz CT molecular complexity index is 223. The molecule has 0 radical (unpaired) electrons. The number of halogens is 1. The molecule has 1 aromatic rings. The Morgan fingerprint density at radius 1 is 1.42 bits per heavy atom. The number of aryl methyl sites for hydroxylation is 1. The fraction of sp³-hybridized carbons (Fsp3) is 0.125. The smallest absolute Gasteiger partial charge is 0.449 e. The van der Waals surface area contributed by atoms with Crippen molar-refractivity contribution < 1.29 is 14.2 Å². The van der Waals surface area contributed by atoms with E-state index in [2.05, 4.69) is 35.2 Å². The van der Waals surface area contributed by atoms with Crippen LogP contribution < -0.4 is 0 Å². The molecule has 0 unspecified atom stereocenters. The van der Waals surface area contributed by atoms with Crippen molar-refractivity contribution in [1.29, 1.82) is 0 Å². The maximum atomic E-state index is 9.01. The van der Waals surface area contributed by atoms with E-state index in [-0.39, 0.29) is 0 Å². The first-order chi connectivity index (χ1) is 5.66. The van der Waals surface area contributed by atoms with Crippen molar-refractivity contribution in [1.82, 2.24) is 0 Å². The molecule has 0 atom stereocenters. The third-order valence-corrected chi connectivity index (χ3v) is 1.14. The fourth-order valence-electron chi connectivity index (χ4n) is 0.534. The minimum Gasteiger partial charge on any atom is -0.449 e. The van der Waals surface area contributed by atoms with Gasteiger partial charge in [-0.05, 0) is 6.92 Å². The van der Waals surface area contributed by atoms with Gasteiger partial charge in [-0.2, -0.15) is 0 Å². The van der Waals surface area contributed by atoms with E-state index in [9.17, 15) is 0 Å². The van der Waals surface area contributed by atoms with Crippen molar-refractivity contribution in [3.63, 3.8) is 0 Å². The van der Waals surface area contributed by atoms with Gasteiger partial charge in [-0.1, -0.05) is 35.9 Å². The van der Waals surface area contributed by atoms with E-state index >= 15 is 0 Å². The summed E-state index contributed by atoms with van der Waals surface area (Å²) >= 11 is 4.24. The maximum Gasteiger partial charge on any atom is 0.524 e. The molecule has 0 saturated carbocycles. The molecule has 0 aliphatic heterocycles. The summed E-state index contributed by atoms with van der Waals surface area (Å²) in [6.07, 6.45) is -1.48. The zero-order chi connectivity index (χ0) is 9.40. The summed E-state index contributed by atoms with van der Waals surface area (Å²) in [6, 6.07) is 10.3. The number of hydrogen-bond acceptors (Lipinski definition) is 2. The van der Waals surface area contributed by atoms with Gasteiger partial charge < -0.3 is 9.40 Å². The van der Waals surface area contributed by atoms with Gasteiger partial charge in [0.25, 0.3) is 0 Å². The van der Waals surface area contributed by atoms with Crippen LogP contribution in [0.1, 0.15) is 5.56 Å². The summed E-state index contributed by atoms with van der Waals surface area (Å²) in [5.74, 6) is 0. The largest absolute Gasteiger partial charge is 0.524 e. The van der Waals surface area contributed by atoms with Gasteiger partial charge in [-0.15, -0.1) is 0 Å². The van der Waals surface area contributed by atoms with Crippen LogP contribution in [-0.4, -0.2) is 11.3 Å². The molecular weight excluding hydrogens is 180 g/mol. The normalized spacial score (nSPS) is 7.83. The molecular formula is C8H9ClO3. The van der Waals surface area contributed by atoms with Gasteiger partial charge in [-0.3, -0.25) is 0 Å². The van der Waals surface area contributed by atoms with E-state index in [1.807, 2.05) is 18.2 Å². The number of hydrogen-bond donors (Lipinski definition) is 1. The third-order valence-electron chi connectivity index (χ3n) is 1.01. The van der Waals surface area contributed by atoms with E-state index in [0.29, 0.717) is 0 Å². The standard InChI is InChI=1S/C7H8.CHClO3/c1-7-5-3-2-4-6-7;2-5-1(3)4/h2-6H,1H3;(H,3,4). The van der Waals surface area contributed by atoms with Crippen LogP contribution >= 0.6 is 11.9 Å². The Hall–Kier alpha value is -1.22. The molecule has 1 aromatic carbocycles. The molecule has 0 fully saturated rings. The molecule has 66 valence electrons. The lowest BCUT2D eigenvalue weighted by molar-refractivity contribution is 0.149. The highest BCUT2D eigenvalue weighted by Crippen LogP contribution is 1.92. The Kier molecular flexibility index (Phi) is 5.83. The number of carbonyl (C=O) groups is 1. The lowest BCUT2D eigenvalue weighted by atomic mass is 10.2. The quantitative estimate of drug-likeness (QED) is 0.681. The topological polar surface area (TPSA) is 46.5 Å². The van der Waals surface area contributed by atoms with Gasteiger partial charge in [-0.25, -0.2) is 4.79 Å². The third kappa shape index (κ3) is 6.89. The molecule has 1 N–H and O–H groups in total. The molecule has 0 heterocycles. The number of benzene rings is 1. The number of rotatable bonds is 0. The van der Waals surface area contributed by atoms with Crippen LogP contribution in [0.4, 0.5) is 4.79 Å². The van der Waals surface area contributed by atoms with Crippen LogP contribution in [0.2, 0.25) is 0 Å². The van der Waals surface area contributed by atoms with E-state index < -0.39 is 6.16 Å². The second-order valence-electron chi connectivity index (χ2n) is 2.00. The van der Waals surface area contributed by atoms with E-state index in [0.717, 1.165) is 0 Å². The van der Waals surface area contributed by atoms with Gasteiger partial charge in [0.05, 0.1) is 0 Å². The predicted molar refractivity (Wildman–Crippen MR) is 46.1 cm³/mol. The van der Waals surface area contributed by atoms with Crippen LogP contribution in [0.15, 0.2) is 30.3 Å². The highest BCUT2D eigenvalue weighted by atomic mass is 35.5. The summed E-state index contributed by atoms with van der Waals surface area (Å²) in [5, 5.41) is 7.37. The van der Waals surface area contributed by atoms with Crippen LogP contribution in [0.3, 0.4) is 0 Å². The van der Waals surface area contributed by atoms with Gasteiger partial charge in [0, 0.05) is 0 Å². The van der Waals surface area contributed by atoms with Gasteiger partial charge in [0.1, 0.15) is 11.9 Å². The SMILES string of the molecule is Cc1ccccc1.O=C(O)OCl. The van der Waals surface area contributed by atoms with Gasteiger partial charge >= 0.3 is 6.16 Å². The van der Waals surface area contributed by atoms with Crippen LogP contribution in [0.5, 0.6) is 0 Å².